The summed E-state index contributed by atoms with van der Waals surface area (Å²) in [5.74, 6) is -1.44. The van der Waals surface area contributed by atoms with Gasteiger partial charge in [-0.3, -0.25) is 14.5 Å². The number of anilines is 1. The molecule has 2 atom stereocenters. The molecule has 1 aliphatic carbocycles. The highest BCUT2D eigenvalue weighted by molar-refractivity contribution is 8.01. The summed E-state index contributed by atoms with van der Waals surface area (Å²) in [4.78, 5) is 50.4. The lowest BCUT2D eigenvalue weighted by atomic mass is 9.92. The molecule has 2 aromatic heterocycles. The quantitative estimate of drug-likeness (QED) is 0.0947. The van der Waals surface area contributed by atoms with Crippen LogP contribution in [0, 0.1) is 0 Å². The summed E-state index contributed by atoms with van der Waals surface area (Å²) in [6, 6.07) is -1.63. The summed E-state index contributed by atoms with van der Waals surface area (Å²) in [5, 5.41) is 14.6. The number of thioether (sulfide) groups is 1. The average molecular weight is 593 g/mol. The van der Waals surface area contributed by atoms with Gasteiger partial charge >= 0.3 is 5.97 Å². The summed E-state index contributed by atoms with van der Waals surface area (Å²) in [6.07, 6.45) is 5.01. The van der Waals surface area contributed by atoms with Crippen molar-refractivity contribution in [3.05, 3.63) is 35.4 Å². The third kappa shape index (κ3) is 5.89. The minimum Gasteiger partial charge on any atom is -0.492 e. The second kappa shape index (κ2) is 12.1. The van der Waals surface area contributed by atoms with E-state index in [0.29, 0.717) is 4.34 Å². The van der Waals surface area contributed by atoms with Gasteiger partial charge < -0.3 is 25.4 Å². The predicted molar refractivity (Wildman–Crippen MR) is 142 cm³/mol. The standard InChI is InChI=1S/C22H24N8O6S3/c1-2-7-34-20(33)16-13(9-37-22-27-24-10-38-22)35-8-12-14(19(32)30(12)16)25-18(31)15(17-26-21(23)39-29-17)28-36-11-5-3-4-6-11/h2,10-12,14H,1,3-9H2,(H,25,31)(H2,23,26,29)/b28-15-/t12-,14+/m1/s1. The number of nitrogens with two attached hydrogens (primary N) is 1. The van der Waals surface area contributed by atoms with Crippen LogP contribution in [0.4, 0.5) is 5.13 Å². The van der Waals surface area contributed by atoms with Gasteiger partial charge in [0.2, 0.25) is 11.5 Å². The van der Waals surface area contributed by atoms with E-state index in [4.69, 9.17) is 20.0 Å². The highest BCUT2D eigenvalue weighted by Crippen LogP contribution is 2.35. The lowest BCUT2D eigenvalue weighted by Gasteiger charge is -2.49. The summed E-state index contributed by atoms with van der Waals surface area (Å²) in [5.41, 5.74) is 7.09. The van der Waals surface area contributed by atoms with Crippen LogP contribution in [-0.2, 0) is 28.7 Å². The zero-order chi connectivity index (χ0) is 27.4. The fourth-order valence-electron chi connectivity index (χ4n) is 4.26. The number of β-lactam (4-membered cyclic amide) rings is 1. The molecule has 3 aliphatic rings. The first-order chi connectivity index (χ1) is 19.0. The van der Waals surface area contributed by atoms with Crippen molar-refractivity contribution >= 4 is 63.3 Å². The van der Waals surface area contributed by atoms with Gasteiger partial charge in [0.25, 0.3) is 11.8 Å². The number of ether oxygens (including phenoxy) is 2. The molecular weight excluding hydrogens is 568 g/mol. The first kappa shape index (κ1) is 27.0. The Morgan fingerprint density at radius 3 is 2.90 bits per heavy atom. The molecule has 2 aromatic rings. The van der Waals surface area contributed by atoms with Crippen LogP contribution in [0.1, 0.15) is 31.5 Å². The number of hydrogen-bond acceptors (Lipinski definition) is 15. The maximum Gasteiger partial charge on any atom is 0.358 e. The van der Waals surface area contributed by atoms with Crippen LogP contribution in [0.3, 0.4) is 0 Å². The second-order valence-corrected chi connectivity index (χ2v) is 11.4. The van der Waals surface area contributed by atoms with E-state index in [-0.39, 0.29) is 53.2 Å². The van der Waals surface area contributed by atoms with E-state index < -0.39 is 29.9 Å². The van der Waals surface area contributed by atoms with E-state index in [9.17, 15) is 14.4 Å². The number of amides is 2. The number of esters is 1. The fraction of sp³-hybridized carbons (Fsp3) is 0.455. The van der Waals surface area contributed by atoms with E-state index in [1.54, 1.807) is 5.51 Å². The van der Waals surface area contributed by atoms with Crippen molar-refractivity contribution in [3.63, 3.8) is 0 Å². The summed E-state index contributed by atoms with van der Waals surface area (Å²) in [7, 11) is 0. The van der Waals surface area contributed by atoms with Crippen molar-refractivity contribution in [2.45, 2.75) is 48.2 Å². The zero-order valence-corrected chi connectivity index (χ0v) is 22.9. The third-order valence-corrected chi connectivity index (χ3v) is 8.50. The first-order valence-corrected chi connectivity index (χ1v) is 14.6. The Balaban J connectivity index is 1.33. The number of rotatable bonds is 11. The van der Waals surface area contributed by atoms with Gasteiger partial charge in [0.05, 0.1) is 5.75 Å². The first-order valence-electron chi connectivity index (χ1n) is 12.0. The third-order valence-electron chi connectivity index (χ3n) is 6.10. The van der Waals surface area contributed by atoms with Crippen molar-refractivity contribution < 1.29 is 28.7 Å². The molecule has 0 unspecified atom stereocenters. The molecule has 206 valence electrons. The van der Waals surface area contributed by atoms with Gasteiger partial charge in [-0.25, -0.2) is 4.79 Å². The van der Waals surface area contributed by atoms with Gasteiger partial charge in [0, 0.05) is 11.5 Å². The number of hydrogen-bond donors (Lipinski definition) is 2. The molecule has 1 saturated heterocycles. The molecule has 4 heterocycles. The highest BCUT2D eigenvalue weighted by Gasteiger charge is 2.55. The smallest absolute Gasteiger partial charge is 0.358 e. The van der Waals surface area contributed by atoms with E-state index in [1.165, 1.54) is 34.1 Å². The van der Waals surface area contributed by atoms with Crippen LogP contribution in [0.5, 0.6) is 0 Å². The maximum atomic E-state index is 13.3. The summed E-state index contributed by atoms with van der Waals surface area (Å²) in [6.45, 7) is 3.55. The Morgan fingerprint density at radius 1 is 1.38 bits per heavy atom. The average Bonchev–Trinajstić information content (AvgIpc) is 3.73. The Morgan fingerprint density at radius 2 is 2.21 bits per heavy atom. The van der Waals surface area contributed by atoms with E-state index in [1.807, 2.05) is 0 Å². The molecule has 0 aromatic carbocycles. The summed E-state index contributed by atoms with van der Waals surface area (Å²) < 4.78 is 15.9. The van der Waals surface area contributed by atoms with Crippen LogP contribution in [0.25, 0.3) is 0 Å². The number of fused-ring (bicyclic) bond motifs is 1. The number of nitrogens with one attached hydrogen (secondary N) is 1. The lowest BCUT2D eigenvalue weighted by Crippen LogP contribution is -2.73. The van der Waals surface area contributed by atoms with Crippen LogP contribution < -0.4 is 11.1 Å². The molecule has 17 heteroatoms. The number of carbonyl (C=O) groups is 3. The molecule has 2 fully saturated rings. The number of aromatic nitrogens is 4. The van der Waals surface area contributed by atoms with Gasteiger partial charge in [-0.05, 0) is 25.7 Å². The molecule has 2 aliphatic heterocycles. The maximum absolute atomic E-state index is 13.3. The number of oxime groups is 1. The molecule has 14 nitrogen and oxygen atoms in total. The Bertz CT molecular complexity index is 1310. The second-order valence-electron chi connectivity index (χ2n) is 8.60. The topological polar surface area (TPSA) is 184 Å². The normalized spacial score (nSPS) is 21.2. The lowest BCUT2D eigenvalue weighted by molar-refractivity contribution is -0.161. The molecular formula is C22H24N8O6S3. The van der Waals surface area contributed by atoms with Gasteiger partial charge in [-0.1, -0.05) is 40.9 Å². The van der Waals surface area contributed by atoms with Crippen LogP contribution in [0.15, 0.2) is 39.1 Å². The molecule has 0 spiro atoms. The molecule has 1 saturated carbocycles. The van der Waals surface area contributed by atoms with Gasteiger partial charge in [0.15, 0.2) is 15.2 Å². The molecule has 5 rings (SSSR count). The Hall–Kier alpha value is -3.57. The van der Waals surface area contributed by atoms with Crippen molar-refractivity contribution in [1.29, 1.82) is 0 Å². The molecule has 0 bridgehead atoms. The Kier molecular flexibility index (Phi) is 8.37. The van der Waals surface area contributed by atoms with E-state index >= 15 is 0 Å². The molecule has 2 amide bonds. The van der Waals surface area contributed by atoms with Crippen molar-refractivity contribution in [2.24, 2.45) is 5.16 Å². The zero-order valence-electron chi connectivity index (χ0n) is 20.5. The Labute approximate surface area is 234 Å². The highest BCUT2D eigenvalue weighted by atomic mass is 32.2. The van der Waals surface area contributed by atoms with Crippen LogP contribution in [0.2, 0.25) is 0 Å². The largest absolute Gasteiger partial charge is 0.492 e. The molecule has 39 heavy (non-hydrogen) atoms. The van der Waals surface area contributed by atoms with Gasteiger partial charge in [-0.2, -0.15) is 9.36 Å². The van der Waals surface area contributed by atoms with E-state index in [2.05, 4.69) is 36.6 Å². The van der Waals surface area contributed by atoms with E-state index in [0.717, 1.165) is 37.2 Å². The number of carbonyl (C=O) groups excluding carboxylic acids is 3. The molecule has 0 radical (unpaired) electrons. The molecule has 3 N–H and O–H groups in total. The van der Waals surface area contributed by atoms with Crippen molar-refractivity contribution in [1.82, 2.24) is 29.8 Å². The van der Waals surface area contributed by atoms with Gasteiger partial charge in [-0.15, -0.1) is 10.2 Å². The SMILES string of the molecule is C=CCOC(=O)C1=C(CSc2nncs2)OC[C@@H]2[C@H](NC(=O)/C(=N\OC3CCCC3)c3nsc(N)n3)C(=O)N12. The monoisotopic (exact) mass is 592 g/mol. The summed E-state index contributed by atoms with van der Waals surface area (Å²) >= 11 is 3.56. The predicted octanol–water partition coefficient (Wildman–Crippen LogP) is 1.09. The fourth-order valence-corrected chi connectivity index (χ4v) is 6.13. The minimum atomic E-state index is -0.982. The number of nitrogen functional groups attached to an aromatic ring is 1. The minimum absolute atomic E-state index is 0.00101. The van der Waals surface area contributed by atoms with Crippen molar-refractivity contribution in [3.8, 4) is 0 Å². The van der Waals surface area contributed by atoms with Gasteiger partial charge in [0.1, 0.15) is 42.7 Å². The number of nitrogens with zero attached hydrogens (tertiary/aromatic N) is 6. The van der Waals surface area contributed by atoms with Crippen LogP contribution >= 0.6 is 34.6 Å². The van der Waals surface area contributed by atoms with Crippen molar-refractivity contribution in [2.75, 3.05) is 24.7 Å². The van der Waals surface area contributed by atoms with Crippen LogP contribution in [-0.4, -0.2) is 85.1 Å².